The second-order valence-corrected chi connectivity index (χ2v) is 15.3. The van der Waals surface area contributed by atoms with Gasteiger partial charge in [-0.2, -0.15) is 0 Å². The Balaban J connectivity index is 1.68. The van der Waals surface area contributed by atoms with Crippen molar-refractivity contribution in [3.63, 3.8) is 0 Å². The number of hydrogen-bond acceptors (Lipinski definition) is 9. The fourth-order valence-electron chi connectivity index (χ4n) is 5.78. The van der Waals surface area contributed by atoms with E-state index in [1.54, 1.807) is 60.7 Å². The summed E-state index contributed by atoms with van der Waals surface area (Å²) in [5.74, 6) is -4.08. The zero-order chi connectivity index (χ0) is 41.6. The molecule has 300 valence electrons. The Morgan fingerprint density at radius 1 is 0.732 bits per heavy atom. The number of nitrogens with zero attached hydrogens (tertiary/aromatic N) is 1. The molecule has 0 bridgehead atoms. The summed E-state index contributed by atoms with van der Waals surface area (Å²) in [6, 6.07) is 16.9. The SMILES string of the molecule is Cc1ccc(NC(=C[N+](=O)[O-])Nc2ccc(CC(=O)NC(CC(C)C)C(=O)NC(Cc3ccccc3CC(NC(=O)CC(C)(C)C)C(=O)O)C(=O)O)cc2)cc1. The van der Waals surface area contributed by atoms with Gasteiger partial charge in [0.05, 0.1) is 11.3 Å². The summed E-state index contributed by atoms with van der Waals surface area (Å²) in [5, 5.41) is 45.0. The summed E-state index contributed by atoms with van der Waals surface area (Å²) in [6.45, 7) is 11.2. The van der Waals surface area contributed by atoms with E-state index < -0.39 is 52.7 Å². The lowest BCUT2D eigenvalue weighted by molar-refractivity contribution is -0.403. The quantitative estimate of drug-likeness (QED) is 0.0595. The number of carbonyl (C=O) groups excluding carboxylic acids is 3. The third-order valence-electron chi connectivity index (χ3n) is 8.43. The maximum Gasteiger partial charge on any atom is 0.326 e. The minimum Gasteiger partial charge on any atom is -0.480 e. The first kappa shape index (κ1) is 44.1. The van der Waals surface area contributed by atoms with Crippen LogP contribution in [0.5, 0.6) is 0 Å². The van der Waals surface area contributed by atoms with E-state index in [0.717, 1.165) is 11.8 Å². The van der Waals surface area contributed by atoms with Gasteiger partial charge in [-0.1, -0.05) is 88.7 Å². The molecule has 3 amide bonds. The van der Waals surface area contributed by atoms with Crippen LogP contribution in [0, 0.1) is 28.4 Å². The van der Waals surface area contributed by atoms with Crippen LogP contribution < -0.4 is 26.6 Å². The molecule has 0 aromatic heterocycles. The molecular weight excluding hydrogens is 720 g/mol. The number of nitrogens with one attached hydrogen (secondary N) is 5. The van der Waals surface area contributed by atoms with Gasteiger partial charge in [-0.3, -0.25) is 24.5 Å². The molecule has 15 nitrogen and oxygen atoms in total. The lowest BCUT2D eigenvalue weighted by Gasteiger charge is -2.24. The third kappa shape index (κ3) is 15.6. The van der Waals surface area contributed by atoms with E-state index in [0.29, 0.717) is 28.1 Å². The molecule has 0 spiro atoms. The number of rotatable bonds is 20. The number of anilines is 2. The molecular formula is C41H52N6O9. The van der Waals surface area contributed by atoms with Crippen LogP contribution >= 0.6 is 0 Å². The summed E-state index contributed by atoms with van der Waals surface area (Å²) in [6.07, 6.45) is 0.752. The molecule has 0 saturated carbocycles. The molecule has 0 aliphatic carbocycles. The van der Waals surface area contributed by atoms with Crippen molar-refractivity contribution >= 4 is 41.0 Å². The third-order valence-corrected chi connectivity index (χ3v) is 8.43. The number of carbonyl (C=O) groups is 5. The van der Waals surface area contributed by atoms with E-state index in [-0.39, 0.29) is 49.3 Å². The molecule has 0 aliphatic rings. The number of benzene rings is 3. The number of aryl methyl sites for hydroxylation is 1. The molecule has 0 saturated heterocycles. The number of hydrogen-bond donors (Lipinski definition) is 7. The van der Waals surface area contributed by atoms with E-state index in [4.69, 9.17) is 0 Å². The summed E-state index contributed by atoms with van der Waals surface area (Å²) in [7, 11) is 0. The number of aliphatic carboxylic acids is 2. The molecule has 0 aliphatic heterocycles. The van der Waals surface area contributed by atoms with Gasteiger partial charge in [0.2, 0.25) is 17.7 Å². The predicted molar refractivity (Wildman–Crippen MR) is 212 cm³/mol. The van der Waals surface area contributed by atoms with E-state index >= 15 is 0 Å². The number of amides is 3. The summed E-state index contributed by atoms with van der Waals surface area (Å²) >= 11 is 0. The fraction of sp³-hybridized carbons (Fsp3) is 0.390. The van der Waals surface area contributed by atoms with Gasteiger partial charge in [0.15, 0.2) is 5.82 Å². The van der Waals surface area contributed by atoms with Crippen molar-refractivity contribution in [2.75, 3.05) is 10.6 Å². The number of carboxylic acid groups (broad SMARTS) is 2. The molecule has 3 aromatic rings. The molecule has 3 atom stereocenters. The van der Waals surface area contributed by atoms with Crippen molar-refractivity contribution in [2.24, 2.45) is 11.3 Å². The van der Waals surface area contributed by atoms with Crippen LogP contribution in [0.15, 0.2) is 84.8 Å². The first-order valence-corrected chi connectivity index (χ1v) is 18.2. The number of nitro groups is 1. The molecule has 3 aromatic carbocycles. The zero-order valence-corrected chi connectivity index (χ0v) is 32.5. The molecule has 7 N–H and O–H groups in total. The normalized spacial score (nSPS) is 13.2. The van der Waals surface area contributed by atoms with Crippen LogP contribution in [-0.2, 0) is 43.2 Å². The fourth-order valence-corrected chi connectivity index (χ4v) is 5.78. The highest BCUT2D eigenvalue weighted by atomic mass is 16.6. The topological polar surface area (TPSA) is 229 Å². The minimum absolute atomic E-state index is 0.0446. The lowest BCUT2D eigenvalue weighted by Crippen LogP contribution is -2.53. The van der Waals surface area contributed by atoms with Crippen LogP contribution in [-0.4, -0.2) is 62.9 Å². The minimum atomic E-state index is -1.41. The van der Waals surface area contributed by atoms with E-state index in [9.17, 15) is 44.3 Å². The van der Waals surface area contributed by atoms with Gasteiger partial charge >= 0.3 is 11.9 Å². The van der Waals surface area contributed by atoms with Crippen LogP contribution in [0.1, 0.15) is 69.7 Å². The van der Waals surface area contributed by atoms with Crippen LogP contribution in [0.25, 0.3) is 0 Å². The Morgan fingerprint density at radius 3 is 1.68 bits per heavy atom. The van der Waals surface area contributed by atoms with E-state index in [2.05, 4.69) is 26.6 Å². The molecule has 0 heterocycles. The summed E-state index contributed by atoms with van der Waals surface area (Å²) in [5.41, 5.74) is 3.41. The Bertz CT molecular complexity index is 1890. The van der Waals surface area contributed by atoms with Gasteiger partial charge in [-0.25, -0.2) is 9.59 Å². The Labute approximate surface area is 326 Å². The smallest absolute Gasteiger partial charge is 0.326 e. The molecule has 56 heavy (non-hydrogen) atoms. The van der Waals surface area contributed by atoms with E-state index in [1.165, 1.54) is 0 Å². The predicted octanol–water partition coefficient (Wildman–Crippen LogP) is 5.03. The lowest BCUT2D eigenvalue weighted by atomic mass is 9.91. The highest BCUT2D eigenvalue weighted by Gasteiger charge is 2.29. The maximum absolute atomic E-state index is 13.5. The first-order chi connectivity index (χ1) is 26.3. The zero-order valence-electron chi connectivity index (χ0n) is 32.5. The highest BCUT2D eigenvalue weighted by Crippen LogP contribution is 2.20. The molecule has 0 radical (unpaired) electrons. The van der Waals surface area contributed by atoms with Crippen LogP contribution in [0.3, 0.4) is 0 Å². The van der Waals surface area contributed by atoms with Crippen LogP contribution in [0.4, 0.5) is 11.4 Å². The first-order valence-electron chi connectivity index (χ1n) is 18.2. The second-order valence-electron chi connectivity index (χ2n) is 15.3. The van der Waals surface area contributed by atoms with Crippen molar-refractivity contribution < 1.29 is 39.1 Å². The van der Waals surface area contributed by atoms with Gasteiger partial charge in [0, 0.05) is 30.6 Å². The van der Waals surface area contributed by atoms with Crippen molar-refractivity contribution in [3.05, 3.63) is 117 Å². The second kappa shape index (κ2) is 20.4. The van der Waals surface area contributed by atoms with Gasteiger partial charge in [0.1, 0.15) is 18.1 Å². The van der Waals surface area contributed by atoms with Gasteiger partial charge in [-0.05, 0) is 65.6 Å². The Morgan fingerprint density at radius 2 is 1.21 bits per heavy atom. The van der Waals surface area contributed by atoms with Crippen LogP contribution in [0.2, 0.25) is 0 Å². The Hall–Kier alpha value is -6.25. The summed E-state index contributed by atoms with van der Waals surface area (Å²) < 4.78 is 0. The largest absolute Gasteiger partial charge is 0.480 e. The molecule has 3 rings (SSSR count). The monoisotopic (exact) mass is 772 g/mol. The van der Waals surface area contributed by atoms with Crippen molar-refractivity contribution in [2.45, 2.75) is 91.8 Å². The van der Waals surface area contributed by atoms with Gasteiger partial charge in [0.25, 0.3) is 6.20 Å². The van der Waals surface area contributed by atoms with Crippen molar-refractivity contribution in [1.82, 2.24) is 16.0 Å². The standard InChI is InChI=1S/C41H52N6O9/c1-25(2)19-32(44-36(48)20-27-13-17-31(18-14-27)43-35(24-47(55)56)42-30-15-11-26(3)12-16-30)38(50)46-34(40(53)54)22-29-10-8-7-9-28(29)21-33(39(51)52)45-37(49)23-41(4,5)6/h7-18,24-25,32-34,42-43H,19-23H2,1-6H3,(H,44,48)(H,45,49)(H,46,50)(H,51,52)(H,53,54). The average Bonchev–Trinajstić information content (AvgIpc) is 3.08. The van der Waals surface area contributed by atoms with Gasteiger partial charge < -0.3 is 36.8 Å². The molecule has 0 fully saturated rings. The van der Waals surface area contributed by atoms with Crippen molar-refractivity contribution in [1.29, 1.82) is 0 Å². The highest BCUT2D eigenvalue weighted by molar-refractivity contribution is 5.91. The van der Waals surface area contributed by atoms with E-state index in [1.807, 2.05) is 53.7 Å². The maximum atomic E-state index is 13.5. The van der Waals surface area contributed by atoms with Crippen molar-refractivity contribution in [3.8, 4) is 0 Å². The molecule has 15 heteroatoms. The molecule has 3 unspecified atom stereocenters. The Kier molecular flexibility index (Phi) is 16.1. The average molecular weight is 773 g/mol. The number of carboxylic acids is 2. The van der Waals surface area contributed by atoms with Gasteiger partial charge in [-0.15, -0.1) is 0 Å². The summed E-state index contributed by atoms with van der Waals surface area (Å²) in [4.78, 5) is 74.4.